The number of aliphatic hydroxyl groups is 1. The minimum atomic E-state index is -0.639. The second-order valence-corrected chi connectivity index (χ2v) is 12.1. The number of hydrogen-bond acceptors (Lipinski definition) is 5. The SMILES string of the molecule is C=C1C(=O)OC2C[C@@]1(C)OC[C@H]2[C@H]1CC[C@H]2[C@@H]3CC=C4CC=CC(=O)[C@]4(C)[C@H]3C[C@@H](O)[C@]12C. The predicted molar refractivity (Wildman–Crippen MR) is 123 cm³/mol. The zero-order chi connectivity index (χ0) is 23.3. The van der Waals surface area contributed by atoms with Crippen LogP contribution < -0.4 is 0 Å². The average molecular weight is 453 g/mol. The first-order valence-electron chi connectivity index (χ1n) is 12.7. The normalized spacial score (nSPS) is 53.0. The van der Waals surface area contributed by atoms with E-state index in [0.717, 1.165) is 25.7 Å². The van der Waals surface area contributed by atoms with Crippen LogP contribution in [0, 0.1) is 40.4 Å². The molecule has 0 aromatic heterocycles. The molecule has 178 valence electrons. The third kappa shape index (κ3) is 2.67. The lowest BCUT2D eigenvalue weighted by molar-refractivity contribution is -0.208. The van der Waals surface area contributed by atoms with E-state index in [1.54, 1.807) is 6.08 Å². The molecule has 0 aromatic rings. The number of rotatable bonds is 1. The molecule has 2 saturated heterocycles. The minimum absolute atomic E-state index is 0.0841. The van der Waals surface area contributed by atoms with Crippen LogP contribution in [0.4, 0.5) is 0 Å². The quantitative estimate of drug-likeness (QED) is 0.367. The predicted octanol–water partition coefficient (Wildman–Crippen LogP) is 4.16. The van der Waals surface area contributed by atoms with E-state index < -0.39 is 17.1 Å². The van der Waals surface area contributed by atoms with Gasteiger partial charge < -0.3 is 14.6 Å². The Morgan fingerprint density at radius 1 is 1.09 bits per heavy atom. The van der Waals surface area contributed by atoms with Crippen molar-refractivity contribution in [1.82, 2.24) is 0 Å². The average Bonchev–Trinajstić information content (AvgIpc) is 3.13. The van der Waals surface area contributed by atoms with E-state index in [9.17, 15) is 14.7 Å². The molecule has 6 aliphatic rings. The number of aliphatic hydroxyl groups excluding tert-OH is 1. The van der Waals surface area contributed by atoms with Gasteiger partial charge in [0, 0.05) is 12.3 Å². The van der Waals surface area contributed by atoms with Crippen LogP contribution in [0.15, 0.2) is 36.0 Å². The van der Waals surface area contributed by atoms with Crippen molar-refractivity contribution < 1.29 is 24.2 Å². The fourth-order valence-corrected chi connectivity index (χ4v) is 8.99. The molecule has 0 amide bonds. The van der Waals surface area contributed by atoms with Gasteiger partial charge in [0.25, 0.3) is 0 Å². The molecular weight excluding hydrogens is 416 g/mol. The first-order chi connectivity index (χ1) is 15.6. The summed E-state index contributed by atoms with van der Waals surface area (Å²) >= 11 is 0. The van der Waals surface area contributed by atoms with Gasteiger partial charge >= 0.3 is 5.97 Å². The van der Waals surface area contributed by atoms with Crippen molar-refractivity contribution in [3.05, 3.63) is 36.0 Å². The van der Waals surface area contributed by atoms with E-state index in [-0.39, 0.29) is 41.0 Å². The maximum Gasteiger partial charge on any atom is 0.336 e. The van der Waals surface area contributed by atoms with Crippen molar-refractivity contribution in [2.24, 2.45) is 40.4 Å². The van der Waals surface area contributed by atoms with Gasteiger partial charge in [0.1, 0.15) is 11.7 Å². The monoisotopic (exact) mass is 452 g/mol. The number of allylic oxidation sites excluding steroid dienone is 4. The van der Waals surface area contributed by atoms with Crippen molar-refractivity contribution in [3.8, 4) is 0 Å². The summed E-state index contributed by atoms with van der Waals surface area (Å²) in [6, 6.07) is 0. The first-order valence-corrected chi connectivity index (χ1v) is 12.7. The molecule has 1 N–H and O–H groups in total. The number of carbonyl (C=O) groups excluding carboxylic acids is 2. The minimum Gasteiger partial charge on any atom is -0.458 e. The zero-order valence-electron chi connectivity index (χ0n) is 20.0. The molecular formula is C28H36O5. The first kappa shape index (κ1) is 21.8. The highest BCUT2D eigenvalue weighted by atomic mass is 16.6. The molecule has 1 unspecified atom stereocenters. The van der Waals surface area contributed by atoms with Crippen molar-refractivity contribution in [3.63, 3.8) is 0 Å². The van der Waals surface area contributed by atoms with Gasteiger partial charge in [0.15, 0.2) is 5.78 Å². The van der Waals surface area contributed by atoms with Gasteiger partial charge in [-0.25, -0.2) is 4.79 Å². The molecule has 33 heavy (non-hydrogen) atoms. The van der Waals surface area contributed by atoms with Gasteiger partial charge in [-0.05, 0) is 81.1 Å². The molecule has 0 spiro atoms. The number of ether oxygens (including phenoxy) is 2. The molecule has 5 heteroatoms. The molecule has 2 saturated carbocycles. The molecule has 2 heterocycles. The summed E-state index contributed by atoms with van der Waals surface area (Å²) in [5.74, 6) is 1.11. The Labute approximate surface area is 196 Å². The highest BCUT2D eigenvalue weighted by Gasteiger charge is 2.65. The highest BCUT2D eigenvalue weighted by Crippen LogP contribution is 2.67. The van der Waals surface area contributed by atoms with Crippen molar-refractivity contribution in [2.45, 2.75) is 77.1 Å². The molecule has 6 rings (SSSR count). The lowest BCUT2D eigenvalue weighted by Gasteiger charge is -2.59. The summed E-state index contributed by atoms with van der Waals surface area (Å²) in [5, 5.41) is 11.7. The second kappa shape index (κ2) is 6.91. The van der Waals surface area contributed by atoms with Crippen LogP contribution in [0.3, 0.4) is 0 Å². The van der Waals surface area contributed by atoms with Crippen LogP contribution in [0.1, 0.15) is 59.3 Å². The Kier molecular flexibility index (Phi) is 4.56. The van der Waals surface area contributed by atoms with Gasteiger partial charge in [-0.15, -0.1) is 0 Å². The van der Waals surface area contributed by atoms with Crippen molar-refractivity contribution in [2.75, 3.05) is 6.61 Å². The van der Waals surface area contributed by atoms with Crippen LogP contribution >= 0.6 is 0 Å². The largest absolute Gasteiger partial charge is 0.458 e. The Bertz CT molecular complexity index is 994. The third-order valence-electron chi connectivity index (χ3n) is 11.1. The maximum absolute atomic E-state index is 13.1. The third-order valence-corrected chi connectivity index (χ3v) is 11.1. The fraction of sp³-hybridized carbons (Fsp3) is 0.714. The number of esters is 1. The molecule has 0 aromatic carbocycles. The summed E-state index contributed by atoms with van der Waals surface area (Å²) in [7, 11) is 0. The van der Waals surface area contributed by atoms with Crippen molar-refractivity contribution >= 4 is 11.8 Å². The van der Waals surface area contributed by atoms with E-state index in [1.807, 2.05) is 13.0 Å². The number of ketones is 1. The Morgan fingerprint density at radius 2 is 1.82 bits per heavy atom. The summed E-state index contributed by atoms with van der Waals surface area (Å²) in [5.41, 5.74) is 0.277. The second-order valence-electron chi connectivity index (χ2n) is 12.1. The van der Waals surface area contributed by atoms with E-state index in [1.165, 1.54) is 5.57 Å². The van der Waals surface area contributed by atoms with Crippen LogP contribution in [0.5, 0.6) is 0 Å². The van der Waals surface area contributed by atoms with E-state index >= 15 is 0 Å². The summed E-state index contributed by atoms with van der Waals surface area (Å²) in [6.45, 7) is 10.8. The van der Waals surface area contributed by atoms with Crippen LogP contribution in [0.2, 0.25) is 0 Å². The number of hydrogen-bond donors (Lipinski definition) is 1. The maximum atomic E-state index is 13.1. The smallest absolute Gasteiger partial charge is 0.336 e. The molecule has 4 fully saturated rings. The topological polar surface area (TPSA) is 72.8 Å². The lowest BCUT2D eigenvalue weighted by Crippen LogP contribution is -2.61. The number of fused-ring (bicyclic) bond motifs is 7. The lowest BCUT2D eigenvalue weighted by atomic mass is 9.46. The van der Waals surface area contributed by atoms with Crippen molar-refractivity contribution in [1.29, 1.82) is 0 Å². The van der Waals surface area contributed by atoms with Crippen LogP contribution in [0.25, 0.3) is 0 Å². The highest BCUT2D eigenvalue weighted by molar-refractivity contribution is 5.98. The summed E-state index contributed by atoms with van der Waals surface area (Å²) in [6.07, 6.45) is 10.6. The van der Waals surface area contributed by atoms with Gasteiger partial charge in [0.05, 0.1) is 23.7 Å². The molecule has 0 radical (unpaired) electrons. The number of carbonyl (C=O) groups is 2. The standard InChI is InChI=1S/C28H36O5/c1-15-25(31)33-22-13-26(15,2)32-14-18(22)20-11-10-19-17-9-8-16-6-5-7-23(29)27(16,3)21(17)12-24(30)28(19,20)4/h5,7-8,17-22,24,30H,1,6,9-14H2,2-4H3/t17-,18-,19-,20+,21-,22?,24+,26+,27-,28-/m0/s1. The van der Waals surface area contributed by atoms with Gasteiger partial charge in [-0.1, -0.05) is 31.2 Å². The Hall–Kier alpha value is -1.72. The summed E-state index contributed by atoms with van der Waals surface area (Å²) in [4.78, 5) is 25.6. The molecule has 5 nitrogen and oxygen atoms in total. The van der Waals surface area contributed by atoms with E-state index in [4.69, 9.17) is 9.47 Å². The van der Waals surface area contributed by atoms with E-state index in [0.29, 0.717) is 36.9 Å². The Balaban J connectivity index is 1.32. The van der Waals surface area contributed by atoms with Gasteiger partial charge in [-0.2, -0.15) is 0 Å². The molecule has 2 bridgehead atoms. The Morgan fingerprint density at radius 3 is 2.58 bits per heavy atom. The van der Waals surface area contributed by atoms with Gasteiger partial charge in [0.2, 0.25) is 0 Å². The van der Waals surface area contributed by atoms with Crippen LogP contribution in [-0.2, 0) is 19.1 Å². The summed E-state index contributed by atoms with van der Waals surface area (Å²) < 4.78 is 12.1. The van der Waals surface area contributed by atoms with Gasteiger partial charge in [-0.3, -0.25) is 4.79 Å². The molecule has 10 atom stereocenters. The fourth-order valence-electron chi connectivity index (χ4n) is 8.99. The zero-order valence-corrected chi connectivity index (χ0v) is 20.0. The molecule has 4 aliphatic carbocycles. The molecule has 2 aliphatic heterocycles. The van der Waals surface area contributed by atoms with Crippen LogP contribution in [-0.4, -0.2) is 41.3 Å². The van der Waals surface area contributed by atoms with E-state index in [2.05, 4.69) is 26.5 Å².